The Bertz CT molecular complexity index is 454. The van der Waals surface area contributed by atoms with Crippen molar-refractivity contribution in [2.24, 2.45) is 5.92 Å². The lowest BCUT2D eigenvalue weighted by Gasteiger charge is -2.42. The van der Waals surface area contributed by atoms with Gasteiger partial charge in [0.2, 0.25) is 0 Å². The van der Waals surface area contributed by atoms with Crippen LogP contribution in [0, 0.1) is 11.7 Å². The highest BCUT2D eigenvalue weighted by molar-refractivity contribution is 5.16. The van der Waals surface area contributed by atoms with Gasteiger partial charge in [-0.3, -0.25) is 9.80 Å². The van der Waals surface area contributed by atoms with Gasteiger partial charge in [-0.1, -0.05) is 31.9 Å². The Hall–Kier alpha value is -0.930. The van der Waals surface area contributed by atoms with E-state index in [0.717, 1.165) is 37.2 Å². The van der Waals surface area contributed by atoms with Gasteiger partial charge in [-0.15, -0.1) is 0 Å². The van der Waals surface area contributed by atoms with Crippen molar-refractivity contribution < 1.29 is 4.39 Å². The van der Waals surface area contributed by atoms with Crippen molar-refractivity contribution in [2.45, 2.75) is 45.2 Å². The van der Waals surface area contributed by atoms with Crippen molar-refractivity contribution in [2.75, 3.05) is 26.2 Å². The molecule has 0 bridgehead atoms. The fourth-order valence-electron chi connectivity index (χ4n) is 3.91. The van der Waals surface area contributed by atoms with Gasteiger partial charge in [-0.2, -0.15) is 0 Å². The monoisotopic (exact) mass is 290 g/mol. The van der Waals surface area contributed by atoms with Crippen LogP contribution in [0.2, 0.25) is 0 Å². The van der Waals surface area contributed by atoms with Crippen LogP contribution in [-0.2, 0) is 6.54 Å². The molecule has 2 atom stereocenters. The largest absolute Gasteiger partial charge is 0.298 e. The summed E-state index contributed by atoms with van der Waals surface area (Å²) >= 11 is 0. The molecule has 0 amide bonds. The molecular weight excluding hydrogens is 263 g/mol. The minimum Gasteiger partial charge on any atom is -0.298 e. The highest BCUT2D eigenvalue weighted by Crippen LogP contribution is 2.28. The van der Waals surface area contributed by atoms with Crippen molar-refractivity contribution in [3.63, 3.8) is 0 Å². The van der Waals surface area contributed by atoms with Crippen LogP contribution in [0.5, 0.6) is 0 Å². The minimum absolute atomic E-state index is 0.123. The standard InChI is InChI=1S/C18H27FN2/c1-15-4-2-7-18(12-15)21-10-8-20(9-11-21)14-16-5-3-6-17(19)13-16/h3,5-6,13,15,18H,2,4,7-12,14H2,1H3/t15-,18+/m1/s1. The maximum absolute atomic E-state index is 13.2. The summed E-state index contributed by atoms with van der Waals surface area (Å²) in [6, 6.07) is 7.83. The molecule has 2 aliphatic rings. The molecule has 3 heteroatoms. The van der Waals surface area contributed by atoms with Gasteiger partial charge < -0.3 is 0 Å². The predicted molar refractivity (Wildman–Crippen MR) is 84.7 cm³/mol. The van der Waals surface area contributed by atoms with Gasteiger partial charge in [0, 0.05) is 38.8 Å². The second-order valence-electron chi connectivity index (χ2n) is 6.87. The summed E-state index contributed by atoms with van der Waals surface area (Å²) in [6.45, 7) is 7.85. The summed E-state index contributed by atoms with van der Waals surface area (Å²) in [5.74, 6) is 0.774. The second-order valence-corrected chi connectivity index (χ2v) is 6.87. The van der Waals surface area contributed by atoms with Crippen molar-refractivity contribution in [3.8, 4) is 0 Å². The normalized spacial score (nSPS) is 28.7. The third kappa shape index (κ3) is 4.04. The molecule has 0 radical (unpaired) electrons. The van der Waals surface area contributed by atoms with Crippen LogP contribution in [0.15, 0.2) is 24.3 Å². The van der Waals surface area contributed by atoms with Crippen molar-refractivity contribution in [1.82, 2.24) is 9.80 Å². The molecule has 0 unspecified atom stereocenters. The fraction of sp³-hybridized carbons (Fsp3) is 0.667. The molecule has 3 rings (SSSR count). The van der Waals surface area contributed by atoms with E-state index >= 15 is 0 Å². The molecule has 1 aromatic carbocycles. The van der Waals surface area contributed by atoms with Crippen molar-refractivity contribution in [3.05, 3.63) is 35.6 Å². The molecule has 2 nitrogen and oxygen atoms in total. The van der Waals surface area contributed by atoms with Gasteiger partial charge in [0.25, 0.3) is 0 Å². The molecule has 0 N–H and O–H groups in total. The quantitative estimate of drug-likeness (QED) is 0.840. The third-order valence-corrected chi connectivity index (χ3v) is 5.13. The van der Waals surface area contributed by atoms with E-state index in [-0.39, 0.29) is 5.82 Å². The zero-order valence-corrected chi connectivity index (χ0v) is 13.1. The Morgan fingerprint density at radius 2 is 1.95 bits per heavy atom. The highest BCUT2D eigenvalue weighted by atomic mass is 19.1. The van der Waals surface area contributed by atoms with Crippen LogP contribution >= 0.6 is 0 Å². The molecule has 0 spiro atoms. The average Bonchev–Trinajstić information content (AvgIpc) is 2.48. The number of hydrogen-bond acceptors (Lipinski definition) is 2. The Kier molecular flexibility index (Phi) is 4.91. The lowest BCUT2D eigenvalue weighted by molar-refractivity contribution is 0.0659. The number of nitrogens with zero attached hydrogens (tertiary/aromatic N) is 2. The van der Waals surface area contributed by atoms with Gasteiger partial charge in [0.05, 0.1) is 0 Å². The number of rotatable bonds is 3. The predicted octanol–water partition coefficient (Wildman–Crippen LogP) is 3.52. The smallest absolute Gasteiger partial charge is 0.123 e. The summed E-state index contributed by atoms with van der Waals surface area (Å²) < 4.78 is 13.2. The summed E-state index contributed by atoms with van der Waals surface area (Å²) in [6.07, 6.45) is 5.57. The van der Waals surface area contributed by atoms with E-state index in [1.54, 1.807) is 6.07 Å². The fourth-order valence-corrected chi connectivity index (χ4v) is 3.91. The summed E-state index contributed by atoms with van der Waals surface area (Å²) in [7, 11) is 0. The molecule has 1 saturated heterocycles. The Balaban J connectivity index is 1.48. The molecule has 1 heterocycles. The molecule has 0 aromatic heterocycles. The van der Waals surface area contributed by atoms with Gasteiger partial charge in [0.1, 0.15) is 5.82 Å². The highest BCUT2D eigenvalue weighted by Gasteiger charge is 2.27. The zero-order valence-electron chi connectivity index (χ0n) is 13.1. The van der Waals surface area contributed by atoms with E-state index in [4.69, 9.17) is 0 Å². The van der Waals surface area contributed by atoms with E-state index in [1.165, 1.54) is 44.8 Å². The van der Waals surface area contributed by atoms with E-state index < -0.39 is 0 Å². The number of hydrogen-bond donors (Lipinski definition) is 0. The molecule has 116 valence electrons. The lowest BCUT2D eigenvalue weighted by Crippen LogP contribution is -2.50. The topological polar surface area (TPSA) is 6.48 Å². The van der Waals surface area contributed by atoms with Gasteiger partial charge >= 0.3 is 0 Å². The number of halogens is 1. The average molecular weight is 290 g/mol. The third-order valence-electron chi connectivity index (χ3n) is 5.13. The molecule has 1 aliphatic heterocycles. The first-order chi connectivity index (χ1) is 10.2. The van der Waals surface area contributed by atoms with Gasteiger partial charge in [0.15, 0.2) is 0 Å². The van der Waals surface area contributed by atoms with Crippen molar-refractivity contribution >= 4 is 0 Å². The summed E-state index contributed by atoms with van der Waals surface area (Å²) in [4.78, 5) is 5.15. The van der Waals surface area contributed by atoms with Crippen molar-refractivity contribution in [1.29, 1.82) is 0 Å². The minimum atomic E-state index is -0.123. The Morgan fingerprint density at radius 1 is 1.14 bits per heavy atom. The molecular formula is C18H27FN2. The summed E-state index contributed by atoms with van der Waals surface area (Å²) in [5, 5.41) is 0. The van der Waals surface area contributed by atoms with Crippen LogP contribution in [0.4, 0.5) is 4.39 Å². The molecule has 1 aliphatic carbocycles. The first kappa shape index (κ1) is 15.0. The Labute approximate surface area is 127 Å². The SMILES string of the molecule is C[C@@H]1CCC[C@H](N2CCN(Cc3cccc(F)c3)CC2)C1. The van der Waals surface area contributed by atoms with Crippen LogP contribution in [-0.4, -0.2) is 42.0 Å². The molecule has 21 heavy (non-hydrogen) atoms. The van der Waals surface area contributed by atoms with Crippen LogP contribution in [0.1, 0.15) is 38.2 Å². The first-order valence-electron chi connectivity index (χ1n) is 8.41. The van der Waals surface area contributed by atoms with E-state index in [0.29, 0.717) is 0 Å². The van der Waals surface area contributed by atoms with E-state index in [1.807, 2.05) is 12.1 Å². The van der Waals surface area contributed by atoms with Crippen LogP contribution < -0.4 is 0 Å². The number of benzene rings is 1. The maximum Gasteiger partial charge on any atom is 0.123 e. The molecule has 1 aromatic rings. The Morgan fingerprint density at radius 3 is 2.67 bits per heavy atom. The van der Waals surface area contributed by atoms with E-state index in [2.05, 4.69) is 16.7 Å². The van der Waals surface area contributed by atoms with Gasteiger partial charge in [-0.25, -0.2) is 4.39 Å². The first-order valence-corrected chi connectivity index (χ1v) is 8.41. The number of piperazine rings is 1. The van der Waals surface area contributed by atoms with Crippen LogP contribution in [0.25, 0.3) is 0 Å². The lowest BCUT2D eigenvalue weighted by atomic mass is 9.86. The molecule has 2 fully saturated rings. The van der Waals surface area contributed by atoms with Crippen LogP contribution in [0.3, 0.4) is 0 Å². The summed E-state index contributed by atoms with van der Waals surface area (Å²) in [5.41, 5.74) is 1.09. The van der Waals surface area contributed by atoms with E-state index in [9.17, 15) is 4.39 Å². The molecule has 1 saturated carbocycles. The van der Waals surface area contributed by atoms with Gasteiger partial charge in [-0.05, 0) is 36.5 Å². The second kappa shape index (κ2) is 6.89. The maximum atomic E-state index is 13.2. The zero-order chi connectivity index (χ0) is 14.7.